The van der Waals surface area contributed by atoms with Crippen LogP contribution in [0.2, 0.25) is 0 Å². The van der Waals surface area contributed by atoms with E-state index in [2.05, 4.69) is 0 Å². The average molecular weight is 359 g/mol. The van der Waals surface area contributed by atoms with Crippen molar-refractivity contribution in [2.75, 3.05) is 20.3 Å². The van der Waals surface area contributed by atoms with Crippen LogP contribution in [0.1, 0.15) is 43.6 Å². The lowest BCUT2D eigenvalue weighted by molar-refractivity contribution is -0.145. The third kappa shape index (κ3) is 3.70. The Morgan fingerprint density at radius 3 is 2.85 bits per heavy atom. The number of methoxy groups -OCH3 is 1. The molecule has 2 aromatic rings. The number of hydrogen-bond acceptors (Lipinski definition) is 5. The molecule has 26 heavy (non-hydrogen) atoms. The molecule has 0 radical (unpaired) electrons. The summed E-state index contributed by atoms with van der Waals surface area (Å²) in [6.07, 6.45) is 4.15. The largest absolute Gasteiger partial charge is 0.493 e. The van der Waals surface area contributed by atoms with Gasteiger partial charge in [-0.1, -0.05) is 12.5 Å². The number of ether oxygens (including phenoxy) is 2. The van der Waals surface area contributed by atoms with Gasteiger partial charge in [0, 0.05) is 6.54 Å². The maximum Gasteiger partial charge on any atom is 0.320 e. The highest BCUT2D eigenvalue weighted by molar-refractivity contribution is 5.73. The number of hydrogen-bond donors (Lipinski definition) is 1. The van der Waals surface area contributed by atoms with Gasteiger partial charge in [-0.05, 0) is 49.6 Å². The number of aliphatic carboxylic acids is 1. The van der Waals surface area contributed by atoms with Crippen molar-refractivity contribution in [2.24, 2.45) is 0 Å². The van der Waals surface area contributed by atoms with Crippen molar-refractivity contribution in [2.45, 2.75) is 38.3 Å². The van der Waals surface area contributed by atoms with E-state index in [1.165, 1.54) is 0 Å². The van der Waals surface area contributed by atoms with Gasteiger partial charge in [-0.2, -0.15) is 0 Å². The molecule has 2 unspecified atom stereocenters. The Kier molecular flexibility index (Phi) is 5.83. The second kappa shape index (κ2) is 8.27. The predicted molar refractivity (Wildman–Crippen MR) is 96.7 cm³/mol. The monoisotopic (exact) mass is 359 g/mol. The van der Waals surface area contributed by atoms with Crippen molar-refractivity contribution in [1.29, 1.82) is 0 Å². The molecule has 1 N–H and O–H groups in total. The summed E-state index contributed by atoms with van der Waals surface area (Å²) in [6.45, 7) is 3.17. The minimum Gasteiger partial charge on any atom is -0.493 e. The number of rotatable bonds is 7. The number of carboxylic acid groups (broad SMARTS) is 1. The van der Waals surface area contributed by atoms with Gasteiger partial charge in [-0.15, -0.1) is 0 Å². The molecule has 0 amide bonds. The molecule has 140 valence electrons. The molecule has 0 spiro atoms. The lowest BCUT2D eigenvalue weighted by Crippen LogP contribution is -2.46. The Hall–Kier alpha value is -2.47. The standard InChI is InChI=1S/C20H25NO5/c1-3-25-16-10-9-14(13-18(16)24-2)19(17-8-6-12-26-17)21-11-5-4-7-15(21)20(22)23/h6,8-10,12-13,15,19H,3-5,7,11H2,1-2H3,(H,22,23). The molecule has 0 bridgehead atoms. The number of nitrogens with zero attached hydrogens (tertiary/aromatic N) is 1. The van der Waals surface area contributed by atoms with Crippen LogP contribution in [0.5, 0.6) is 11.5 Å². The number of carbonyl (C=O) groups is 1. The maximum atomic E-state index is 11.8. The topological polar surface area (TPSA) is 72.1 Å². The Bertz CT molecular complexity index is 728. The van der Waals surface area contributed by atoms with E-state index in [0.717, 1.165) is 24.2 Å². The highest BCUT2D eigenvalue weighted by Crippen LogP contribution is 2.38. The summed E-state index contributed by atoms with van der Waals surface area (Å²) in [4.78, 5) is 13.8. The smallest absolute Gasteiger partial charge is 0.320 e. The number of furan rings is 1. The van der Waals surface area contributed by atoms with E-state index in [1.807, 2.05) is 42.2 Å². The summed E-state index contributed by atoms with van der Waals surface area (Å²) in [5.41, 5.74) is 0.924. The first-order chi connectivity index (χ1) is 12.7. The number of piperidine rings is 1. The average Bonchev–Trinajstić information content (AvgIpc) is 3.17. The van der Waals surface area contributed by atoms with E-state index in [-0.39, 0.29) is 6.04 Å². The summed E-state index contributed by atoms with van der Waals surface area (Å²) in [5, 5.41) is 9.70. The van der Waals surface area contributed by atoms with Gasteiger partial charge in [0.25, 0.3) is 0 Å². The van der Waals surface area contributed by atoms with Gasteiger partial charge >= 0.3 is 5.97 Å². The number of carboxylic acids is 1. The van der Waals surface area contributed by atoms with Gasteiger partial charge in [-0.25, -0.2) is 0 Å². The molecule has 1 saturated heterocycles. The highest BCUT2D eigenvalue weighted by atomic mass is 16.5. The van der Waals surface area contributed by atoms with Crippen LogP contribution in [0, 0.1) is 0 Å². The summed E-state index contributed by atoms with van der Waals surface area (Å²) < 4.78 is 16.8. The molecular weight excluding hydrogens is 334 g/mol. The quantitative estimate of drug-likeness (QED) is 0.812. The molecule has 1 aromatic carbocycles. The van der Waals surface area contributed by atoms with E-state index >= 15 is 0 Å². The summed E-state index contributed by atoms with van der Waals surface area (Å²) >= 11 is 0. The molecule has 1 aromatic heterocycles. The fourth-order valence-corrected chi connectivity index (χ4v) is 3.62. The van der Waals surface area contributed by atoms with E-state index in [1.54, 1.807) is 13.4 Å². The van der Waals surface area contributed by atoms with Gasteiger partial charge in [0.15, 0.2) is 11.5 Å². The van der Waals surface area contributed by atoms with Crippen LogP contribution >= 0.6 is 0 Å². The van der Waals surface area contributed by atoms with E-state index in [4.69, 9.17) is 13.9 Å². The fourth-order valence-electron chi connectivity index (χ4n) is 3.62. The summed E-state index contributed by atoms with van der Waals surface area (Å²) in [7, 11) is 1.60. The minimum absolute atomic E-state index is 0.282. The van der Waals surface area contributed by atoms with E-state index < -0.39 is 12.0 Å². The molecule has 6 heteroatoms. The third-order valence-electron chi connectivity index (χ3n) is 4.78. The zero-order valence-corrected chi connectivity index (χ0v) is 15.2. The first-order valence-corrected chi connectivity index (χ1v) is 8.98. The predicted octanol–water partition coefficient (Wildman–Crippen LogP) is 3.72. The van der Waals surface area contributed by atoms with Crippen molar-refractivity contribution in [1.82, 2.24) is 4.90 Å². The van der Waals surface area contributed by atoms with Gasteiger partial charge < -0.3 is 19.0 Å². The Balaban J connectivity index is 2.03. The lowest BCUT2D eigenvalue weighted by Gasteiger charge is -2.38. The second-order valence-electron chi connectivity index (χ2n) is 6.35. The molecule has 1 aliphatic heterocycles. The summed E-state index contributed by atoms with van der Waals surface area (Å²) in [6, 6.07) is 8.63. The number of likely N-dealkylation sites (tertiary alicyclic amines) is 1. The summed E-state index contributed by atoms with van der Waals surface area (Å²) in [5.74, 6) is 1.23. The van der Waals surface area contributed by atoms with Crippen LogP contribution in [-0.4, -0.2) is 42.3 Å². The molecule has 3 rings (SSSR count). The zero-order valence-electron chi connectivity index (χ0n) is 15.2. The third-order valence-corrected chi connectivity index (χ3v) is 4.78. The van der Waals surface area contributed by atoms with Crippen molar-refractivity contribution >= 4 is 5.97 Å². The normalized spacial score (nSPS) is 19.1. The van der Waals surface area contributed by atoms with Gasteiger partial charge in [-0.3, -0.25) is 9.69 Å². The van der Waals surface area contributed by atoms with Crippen LogP contribution in [0.3, 0.4) is 0 Å². The second-order valence-corrected chi connectivity index (χ2v) is 6.35. The SMILES string of the molecule is CCOc1ccc(C(c2ccco2)N2CCCCC2C(=O)O)cc1OC. The molecule has 2 atom stereocenters. The van der Waals surface area contributed by atoms with E-state index in [9.17, 15) is 9.90 Å². The highest BCUT2D eigenvalue weighted by Gasteiger charge is 2.36. The van der Waals surface area contributed by atoms with E-state index in [0.29, 0.717) is 31.1 Å². The van der Waals surface area contributed by atoms with Crippen LogP contribution in [0.15, 0.2) is 41.0 Å². The first kappa shape index (κ1) is 18.3. The number of benzene rings is 1. The molecular formula is C20H25NO5. The van der Waals surface area contributed by atoms with Crippen LogP contribution in [0.4, 0.5) is 0 Å². The molecule has 0 aliphatic carbocycles. The maximum absolute atomic E-state index is 11.8. The zero-order chi connectivity index (χ0) is 18.5. The van der Waals surface area contributed by atoms with Crippen LogP contribution < -0.4 is 9.47 Å². The fraction of sp³-hybridized carbons (Fsp3) is 0.450. The van der Waals surface area contributed by atoms with Gasteiger partial charge in [0.05, 0.1) is 26.0 Å². The van der Waals surface area contributed by atoms with Crippen LogP contribution in [0.25, 0.3) is 0 Å². The molecule has 1 aliphatic rings. The molecule has 6 nitrogen and oxygen atoms in total. The molecule has 2 heterocycles. The molecule has 0 saturated carbocycles. The Labute approximate surface area is 153 Å². The lowest BCUT2D eigenvalue weighted by atomic mass is 9.94. The Morgan fingerprint density at radius 2 is 2.19 bits per heavy atom. The van der Waals surface area contributed by atoms with Crippen molar-refractivity contribution in [3.05, 3.63) is 47.9 Å². The minimum atomic E-state index is -0.792. The first-order valence-electron chi connectivity index (χ1n) is 8.98. The van der Waals surface area contributed by atoms with Gasteiger partial charge in [0.1, 0.15) is 11.8 Å². The van der Waals surface area contributed by atoms with Gasteiger partial charge in [0.2, 0.25) is 0 Å². The van der Waals surface area contributed by atoms with Crippen molar-refractivity contribution < 1.29 is 23.8 Å². The molecule has 1 fully saturated rings. The van der Waals surface area contributed by atoms with Crippen molar-refractivity contribution in [3.8, 4) is 11.5 Å². The van der Waals surface area contributed by atoms with Crippen molar-refractivity contribution in [3.63, 3.8) is 0 Å². The van der Waals surface area contributed by atoms with Crippen LogP contribution in [-0.2, 0) is 4.79 Å². The Morgan fingerprint density at radius 1 is 1.35 bits per heavy atom.